The van der Waals surface area contributed by atoms with E-state index in [-0.39, 0.29) is 49.1 Å². The van der Waals surface area contributed by atoms with Gasteiger partial charge < -0.3 is 20.8 Å². The Hall–Kier alpha value is 0.120. The number of aliphatic hydroxyl groups excluding tert-OH is 2. The van der Waals surface area contributed by atoms with Crippen molar-refractivity contribution < 1.29 is 10.2 Å². The van der Waals surface area contributed by atoms with E-state index in [9.17, 15) is 10.2 Å². The smallest absolute Gasteiger partial charge is 0.0691 e. The molecule has 0 unspecified atom stereocenters. The Labute approximate surface area is 303 Å². The molecule has 4 N–H and O–H groups in total. The van der Waals surface area contributed by atoms with Crippen molar-refractivity contribution in [3.05, 3.63) is 11.6 Å². The van der Waals surface area contributed by atoms with Gasteiger partial charge in [0.05, 0.1) is 12.2 Å². The highest BCUT2D eigenvalue weighted by Crippen LogP contribution is 2.35. The molecule has 0 spiro atoms. The Kier molecular flexibility index (Phi) is 23.1. The average Bonchev–Trinajstić information content (AvgIpc) is 3.51. The Balaban J connectivity index is 0.00000384. The van der Waals surface area contributed by atoms with Crippen LogP contribution >= 0.6 is 24.8 Å². The molecule has 0 saturated carbocycles. The Morgan fingerprint density at radius 2 is 1.04 bits per heavy atom. The first-order valence-corrected chi connectivity index (χ1v) is 20.3. The van der Waals surface area contributed by atoms with Gasteiger partial charge in [0, 0.05) is 36.8 Å². The predicted molar refractivity (Wildman–Crippen MR) is 206 cm³/mol. The molecular formula is C40H77Cl2N3O2. The molecule has 278 valence electrons. The molecular weight excluding hydrogens is 625 g/mol. The molecule has 8 atom stereocenters. The fourth-order valence-corrected chi connectivity index (χ4v) is 9.17. The van der Waals surface area contributed by atoms with Gasteiger partial charge in [0.2, 0.25) is 0 Å². The maximum Gasteiger partial charge on any atom is 0.0691 e. The number of nitrogens with zero attached hydrogens (tertiary/aromatic N) is 1. The Morgan fingerprint density at radius 3 is 1.53 bits per heavy atom. The van der Waals surface area contributed by atoms with E-state index in [4.69, 9.17) is 0 Å². The van der Waals surface area contributed by atoms with E-state index in [1.807, 2.05) is 0 Å². The molecule has 4 aliphatic heterocycles. The minimum Gasteiger partial charge on any atom is -0.392 e. The fraction of sp³-hybridized carbons (Fsp3) is 0.950. The van der Waals surface area contributed by atoms with Gasteiger partial charge in [-0.25, -0.2) is 0 Å². The molecule has 3 fully saturated rings. The summed E-state index contributed by atoms with van der Waals surface area (Å²) in [6, 6.07) is 2.66. The Bertz CT molecular complexity index is 816. The van der Waals surface area contributed by atoms with E-state index in [1.165, 1.54) is 154 Å². The monoisotopic (exact) mass is 702 g/mol. The minimum atomic E-state index is -0.142. The standard InChI is InChI=1S/C40H75N3O2.2ClH/c1-32-39(44)27-25-36(41-32)22-17-13-9-5-3-7-11-15-20-34-30-35(38-24-19-29-43(38)31-34)21-16-12-8-4-6-10-14-18-23-37-26-28-40(45)33(2)42-37;;/h30,32-33,35-42,44-45H,3-29,31H2,1-2H3;2*1H/t32-,33-,35-,36+,37-,38+,39-,40+;;/m1../s1. The highest BCUT2D eigenvalue weighted by Gasteiger charge is 2.34. The van der Waals surface area contributed by atoms with Crippen LogP contribution in [0.25, 0.3) is 0 Å². The number of piperidine rings is 2. The summed E-state index contributed by atoms with van der Waals surface area (Å²) in [6.45, 7) is 6.86. The van der Waals surface area contributed by atoms with Gasteiger partial charge in [0.25, 0.3) is 0 Å². The van der Waals surface area contributed by atoms with Crippen LogP contribution in [0.3, 0.4) is 0 Å². The summed E-state index contributed by atoms with van der Waals surface area (Å²) in [5.74, 6) is 0.825. The van der Waals surface area contributed by atoms with Crippen LogP contribution in [0.4, 0.5) is 0 Å². The summed E-state index contributed by atoms with van der Waals surface area (Å²) in [4.78, 5) is 2.84. The molecule has 0 aromatic rings. The zero-order valence-corrected chi connectivity index (χ0v) is 32.3. The normalized spacial score (nSPS) is 31.1. The topological polar surface area (TPSA) is 67.8 Å². The molecule has 47 heavy (non-hydrogen) atoms. The summed E-state index contributed by atoms with van der Waals surface area (Å²) >= 11 is 0. The van der Waals surface area contributed by atoms with E-state index in [2.05, 4.69) is 35.5 Å². The van der Waals surface area contributed by atoms with E-state index >= 15 is 0 Å². The summed E-state index contributed by atoms with van der Waals surface area (Å²) < 4.78 is 0. The largest absolute Gasteiger partial charge is 0.392 e. The third-order valence-electron chi connectivity index (χ3n) is 12.2. The molecule has 0 amide bonds. The second-order valence-electron chi connectivity index (χ2n) is 16.0. The molecule has 5 nitrogen and oxygen atoms in total. The lowest BCUT2D eigenvalue weighted by atomic mass is 9.85. The number of nitrogens with one attached hydrogen (secondary N) is 2. The molecule has 4 aliphatic rings. The van der Waals surface area contributed by atoms with Gasteiger partial charge in [-0.05, 0) is 96.9 Å². The highest BCUT2D eigenvalue weighted by molar-refractivity contribution is 5.85. The first-order chi connectivity index (χ1) is 22.0. The van der Waals surface area contributed by atoms with Crippen LogP contribution in [0, 0.1) is 5.92 Å². The number of rotatable bonds is 22. The van der Waals surface area contributed by atoms with Crippen molar-refractivity contribution in [1.29, 1.82) is 0 Å². The van der Waals surface area contributed by atoms with Crippen molar-refractivity contribution in [1.82, 2.24) is 15.5 Å². The summed E-state index contributed by atoms with van der Waals surface area (Å²) in [5, 5.41) is 27.0. The third kappa shape index (κ3) is 16.3. The average molecular weight is 703 g/mol. The molecule has 7 heteroatoms. The maximum absolute atomic E-state index is 9.89. The van der Waals surface area contributed by atoms with Crippen molar-refractivity contribution in [3.63, 3.8) is 0 Å². The molecule has 4 rings (SSSR count). The van der Waals surface area contributed by atoms with Gasteiger partial charge in [0.1, 0.15) is 0 Å². The molecule has 0 aromatic carbocycles. The molecule has 0 radical (unpaired) electrons. The number of hydrogen-bond acceptors (Lipinski definition) is 5. The van der Waals surface area contributed by atoms with Crippen molar-refractivity contribution in [2.75, 3.05) is 13.1 Å². The van der Waals surface area contributed by atoms with E-state index in [1.54, 1.807) is 5.57 Å². The zero-order chi connectivity index (χ0) is 31.7. The van der Waals surface area contributed by atoms with Crippen LogP contribution in [0.5, 0.6) is 0 Å². The molecule has 0 aliphatic carbocycles. The number of fused-ring (bicyclic) bond motifs is 1. The Morgan fingerprint density at radius 1 is 0.596 bits per heavy atom. The van der Waals surface area contributed by atoms with Crippen LogP contribution < -0.4 is 10.6 Å². The van der Waals surface area contributed by atoms with Gasteiger partial charge in [-0.3, -0.25) is 4.90 Å². The zero-order valence-electron chi connectivity index (χ0n) is 30.7. The van der Waals surface area contributed by atoms with E-state index in [0.29, 0.717) is 12.1 Å². The van der Waals surface area contributed by atoms with Crippen molar-refractivity contribution in [2.24, 2.45) is 5.92 Å². The van der Waals surface area contributed by atoms with E-state index < -0.39 is 0 Å². The molecule has 3 saturated heterocycles. The second-order valence-corrected chi connectivity index (χ2v) is 16.0. The fourth-order valence-electron chi connectivity index (χ4n) is 9.17. The van der Waals surface area contributed by atoms with E-state index in [0.717, 1.165) is 37.6 Å². The lowest BCUT2D eigenvalue weighted by Crippen LogP contribution is -2.48. The van der Waals surface area contributed by atoms with Gasteiger partial charge in [0.15, 0.2) is 0 Å². The third-order valence-corrected chi connectivity index (χ3v) is 12.2. The summed E-state index contributed by atoms with van der Waals surface area (Å²) in [5.41, 5.74) is 1.77. The van der Waals surface area contributed by atoms with Gasteiger partial charge in [-0.15, -0.1) is 24.8 Å². The van der Waals surface area contributed by atoms with Gasteiger partial charge in [-0.1, -0.05) is 108 Å². The summed E-state index contributed by atoms with van der Waals surface area (Å²) in [6.07, 6.45) is 37.4. The van der Waals surface area contributed by atoms with Crippen molar-refractivity contribution in [3.8, 4) is 0 Å². The van der Waals surface area contributed by atoms with Gasteiger partial charge >= 0.3 is 0 Å². The number of halogens is 2. The van der Waals surface area contributed by atoms with Gasteiger partial charge in [-0.2, -0.15) is 0 Å². The van der Waals surface area contributed by atoms with Crippen LogP contribution in [0.1, 0.15) is 181 Å². The first kappa shape index (κ1) is 43.3. The SMILES string of the molecule is C[C@H]1N[C@@H](CCCCCCCCCCC2=C[C@@H](CCCCCCCCCC[C@@H]3CC[C@H](O)[C@@H](C)N3)[C@@H]3CCCN3C2)CC[C@H]1O.Cl.Cl. The van der Waals surface area contributed by atoms with Crippen molar-refractivity contribution in [2.45, 2.75) is 223 Å². The number of hydrogen-bond donors (Lipinski definition) is 4. The van der Waals surface area contributed by atoms with Crippen LogP contribution in [0.2, 0.25) is 0 Å². The molecule has 0 bridgehead atoms. The molecule has 0 aromatic heterocycles. The maximum atomic E-state index is 9.89. The lowest BCUT2D eigenvalue weighted by Gasteiger charge is -2.36. The van der Waals surface area contributed by atoms with Crippen LogP contribution in [0.15, 0.2) is 11.6 Å². The first-order valence-electron chi connectivity index (χ1n) is 20.3. The quantitative estimate of drug-likeness (QED) is 0.0669. The highest BCUT2D eigenvalue weighted by atomic mass is 35.5. The van der Waals surface area contributed by atoms with Crippen molar-refractivity contribution >= 4 is 24.8 Å². The minimum absolute atomic E-state index is 0. The number of aliphatic hydroxyl groups is 2. The number of unbranched alkanes of at least 4 members (excludes halogenated alkanes) is 14. The van der Waals surface area contributed by atoms with Crippen LogP contribution in [-0.2, 0) is 0 Å². The second kappa shape index (κ2) is 25.1. The predicted octanol–water partition coefficient (Wildman–Crippen LogP) is 9.66. The summed E-state index contributed by atoms with van der Waals surface area (Å²) in [7, 11) is 0. The molecule has 4 heterocycles. The lowest BCUT2D eigenvalue weighted by molar-refractivity contribution is 0.0848. The van der Waals surface area contributed by atoms with Crippen LogP contribution in [-0.4, -0.2) is 70.6 Å².